The third-order valence-corrected chi connectivity index (χ3v) is 2.29. The molecule has 0 saturated carbocycles. The average molecular weight is 248 g/mol. The fourth-order valence-electron chi connectivity index (χ4n) is 1.44. The smallest absolute Gasteiger partial charge is 0.325 e. The third kappa shape index (κ3) is 3.00. The van der Waals surface area contributed by atoms with Crippen LogP contribution in [0.3, 0.4) is 0 Å². The summed E-state index contributed by atoms with van der Waals surface area (Å²) >= 11 is 0. The molecular weight excluding hydrogens is 236 g/mol. The molecule has 2 aromatic rings. The highest BCUT2D eigenvalue weighted by atomic mass is 16.5. The number of hydrogen-bond donors (Lipinski definition) is 2. The summed E-state index contributed by atoms with van der Waals surface area (Å²) in [6.45, 7) is -0.00855. The van der Waals surface area contributed by atoms with Gasteiger partial charge in [-0.1, -0.05) is 18.2 Å². The maximum absolute atomic E-state index is 10.5. The lowest BCUT2D eigenvalue weighted by atomic mass is 10.2. The number of aromatic hydroxyl groups is 1. The number of ether oxygens (including phenoxy) is 1. The lowest BCUT2D eigenvalue weighted by Gasteiger charge is -2.05. The molecule has 0 amide bonds. The monoisotopic (exact) mass is 248 g/mol. The van der Waals surface area contributed by atoms with E-state index in [4.69, 9.17) is 9.84 Å². The molecule has 0 aliphatic carbocycles. The van der Waals surface area contributed by atoms with Crippen molar-refractivity contribution in [2.24, 2.45) is 0 Å². The Labute approximate surface area is 103 Å². The van der Waals surface area contributed by atoms with Gasteiger partial charge in [0.25, 0.3) is 0 Å². The van der Waals surface area contributed by atoms with E-state index >= 15 is 0 Å². The van der Waals surface area contributed by atoms with Gasteiger partial charge in [-0.05, 0) is 6.07 Å². The van der Waals surface area contributed by atoms with Crippen molar-refractivity contribution >= 4 is 5.97 Å². The lowest BCUT2D eigenvalue weighted by Crippen LogP contribution is -2.08. The number of para-hydroxylation sites is 1. The van der Waals surface area contributed by atoms with Gasteiger partial charge in [0.2, 0.25) is 0 Å². The van der Waals surface area contributed by atoms with Crippen molar-refractivity contribution in [3.8, 4) is 11.5 Å². The van der Waals surface area contributed by atoms with E-state index in [9.17, 15) is 9.90 Å². The van der Waals surface area contributed by atoms with Gasteiger partial charge in [0.15, 0.2) is 5.75 Å². The molecule has 6 nitrogen and oxygen atoms in total. The molecule has 0 aliphatic rings. The van der Waals surface area contributed by atoms with Crippen LogP contribution >= 0.6 is 0 Å². The Kier molecular flexibility index (Phi) is 3.47. The van der Waals surface area contributed by atoms with Gasteiger partial charge in [-0.15, -0.1) is 0 Å². The van der Waals surface area contributed by atoms with Crippen LogP contribution < -0.4 is 4.74 Å². The topological polar surface area (TPSA) is 84.6 Å². The van der Waals surface area contributed by atoms with Gasteiger partial charge in [0, 0.05) is 5.56 Å². The normalized spacial score (nSPS) is 10.2. The molecule has 0 saturated heterocycles. The first-order chi connectivity index (χ1) is 8.65. The molecule has 94 valence electrons. The molecule has 0 spiro atoms. The van der Waals surface area contributed by atoms with Crippen molar-refractivity contribution in [1.82, 2.24) is 9.78 Å². The SMILES string of the molecule is O=C(O)Cn1cc(OCc2ccccc2O)cn1. The number of aliphatic carboxylic acids is 1. The number of carbonyl (C=O) groups is 1. The predicted octanol–water partition coefficient (Wildman–Crippen LogP) is 1.25. The average Bonchev–Trinajstić information content (AvgIpc) is 2.75. The molecule has 2 N–H and O–H groups in total. The standard InChI is InChI=1S/C12H12N2O4/c15-11-4-2-1-3-9(11)8-18-10-5-13-14(6-10)7-12(16)17/h1-6,15H,7-8H2,(H,16,17). The van der Waals surface area contributed by atoms with Crippen LogP contribution in [-0.2, 0) is 17.9 Å². The summed E-state index contributed by atoms with van der Waals surface area (Å²) in [5, 5.41) is 22.0. The highest BCUT2D eigenvalue weighted by molar-refractivity contribution is 5.66. The largest absolute Gasteiger partial charge is 0.508 e. The van der Waals surface area contributed by atoms with Crippen LogP contribution in [0.2, 0.25) is 0 Å². The Morgan fingerprint density at radius 1 is 1.39 bits per heavy atom. The lowest BCUT2D eigenvalue weighted by molar-refractivity contribution is -0.137. The van der Waals surface area contributed by atoms with Gasteiger partial charge >= 0.3 is 5.97 Å². The Bertz CT molecular complexity index is 551. The summed E-state index contributed by atoms with van der Waals surface area (Å²) in [5.41, 5.74) is 0.656. The van der Waals surface area contributed by atoms with Crippen molar-refractivity contribution in [2.75, 3.05) is 0 Å². The summed E-state index contributed by atoms with van der Waals surface area (Å²) in [6, 6.07) is 6.85. The molecule has 0 unspecified atom stereocenters. The second-order valence-electron chi connectivity index (χ2n) is 3.68. The molecule has 6 heteroatoms. The highest BCUT2D eigenvalue weighted by Crippen LogP contribution is 2.18. The molecule has 0 aliphatic heterocycles. The van der Waals surface area contributed by atoms with E-state index in [0.29, 0.717) is 11.3 Å². The van der Waals surface area contributed by atoms with Crippen LogP contribution in [0.4, 0.5) is 0 Å². The van der Waals surface area contributed by atoms with E-state index in [1.54, 1.807) is 24.3 Å². The molecule has 1 heterocycles. The number of nitrogens with zero attached hydrogens (tertiary/aromatic N) is 2. The zero-order valence-corrected chi connectivity index (χ0v) is 9.48. The van der Waals surface area contributed by atoms with E-state index in [-0.39, 0.29) is 18.9 Å². The summed E-state index contributed by atoms with van der Waals surface area (Å²) < 4.78 is 6.67. The van der Waals surface area contributed by atoms with Crippen LogP contribution in [0.1, 0.15) is 5.56 Å². The minimum Gasteiger partial charge on any atom is -0.508 e. The molecule has 0 atom stereocenters. The number of benzene rings is 1. The number of phenolic OH excluding ortho intramolecular Hbond substituents is 1. The Hall–Kier alpha value is -2.50. The zero-order valence-electron chi connectivity index (χ0n) is 9.48. The second kappa shape index (κ2) is 5.22. The maximum atomic E-state index is 10.5. The summed E-state index contributed by atoms with van der Waals surface area (Å²) in [5.74, 6) is -0.347. The quantitative estimate of drug-likeness (QED) is 0.831. The molecule has 2 rings (SSSR count). The van der Waals surface area contributed by atoms with Gasteiger partial charge in [-0.25, -0.2) is 0 Å². The van der Waals surface area contributed by atoms with Gasteiger partial charge in [0.1, 0.15) is 18.9 Å². The van der Waals surface area contributed by atoms with E-state index in [2.05, 4.69) is 5.10 Å². The van der Waals surface area contributed by atoms with Crippen LogP contribution in [0.5, 0.6) is 11.5 Å². The van der Waals surface area contributed by atoms with Crippen molar-refractivity contribution in [3.63, 3.8) is 0 Å². The fraction of sp³-hybridized carbons (Fsp3) is 0.167. The fourth-order valence-corrected chi connectivity index (χ4v) is 1.44. The summed E-state index contributed by atoms with van der Waals surface area (Å²) in [4.78, 5) is 10.5. The number of rotatable bonds is 5. The van der Waals surface area contributed by atoms with Gasteiger partial charge in [-0.2, -0.15) is 5.10 Å². The molecular formula is C12H12N2O4. The van der Waals surface area contributed by atoms with Crippen molar-refractivity contribution in [1.29, 1.82) is 0 Å². The minimum absolute atomic E-state index is 0.162. The van der Waals surface area contributed by atoms with Gasteiger partial charge < -0.3 is 14.9 Å². The zero-order chi connectivity index (χ0) is 13.0. The first kappa shape index (κ1) is 12.0. The Balaban J connectivity index is 1.96. The molecule has 1 aromatic carbocycles. The second-order valence-corrected chi connectivity index (χ2v) is 3.68. The molecule has 1 aromatic heterocycles. The summed E-state index contributed by atoms with van der Waals surface area (Å²) in [6.07, 6.45) is 2.93. The Morgan fingerprint density at radius 2 is 2.17 bits per heavy atom. The summed E-state index contributed by atoms with van der Waals surface area (Å²) in [7, 11) is 0. The van der Waals surface area contributed by atoms with E-state index in [1.165, 1.54) is 17.1 Å². The van der Waals surface area contributed by atoms with E-state index in [1.807, 2.05) is 0 Å². The van der Waals surface area contributed by atoms with Gasteiger partial charge in [0.05, 0.1) is 12.4 Å². The number of hydrogen-bond acceptors (Lipinski definition) is 4. The van der Waals surface area contributed by atoms with Crippen LogP contribution in [-0.4, -0.2) is 26.0 Å². The predicted molar refractivity (Wildman–Crippen MR) is 62.3 cm³/mol. The number of carboxylic acid groups (broad SMARTS) is 1. The van der Waals surface area contributed by atoms with E-state index in [0.717, 1.165) is 0 Å². The van der Waals surface area contributed by atoms with Crippen LogP contribution in [0.25, 0.3) is 0 Å². The highest BCUT2D eigenvalue weighted by Gasteiger charge is 2.05. The minimum atomic E-state index is -0.967. The van der Waals surface area contributed by atoms with E-state index < -0.39 is 5.97 Å². The molecule has 0 radical (unpaired) electrons. The molecule has 0 bridgehead atoms. The first-order valence-electron chi connectivity index (χ1n) is 5.29. The Morgan fingerprint density at radius 3 is 2.89 bits per heavy atom. The molecule has 0 fully saturated rings. The maximum Gasteiger partial charge on any atom is 0.325 e. The van der Waals surface area contributed by atoms with Crippen molar-refractivity contribution < 1.29 is 19.7 Å². The molecule has 18 heavy (non-hydrogen) atoms. The van der Waals surface area contributed by atoms with Crippen LogP contribution in [0, 0.1) is 0 Å². The van der Waals surface area contributed by atoms with Crippen molar-refractivity contribution in [3.05, 3.63) is 42.2 Å². The van der Waals surface area contributed by atoms with Gasteiger partial charge in [-0.3, -0.25) is 9.48 Å². The number of carboxylic acids is 1. The number of phenols is 1. The van der Waals surface area contributed by atoms with Crippen LogP contribution in [0.15, 0.2) is 36.7 Å². The third-order valence-electron chi connectivity index (χ3n) is 2.29. The number of aromatic nitrogens is 2. The van der Waals surface area contributed by atoms with Crippen molar-refractivity contribution in [2.45, 2.75) is 13.2 Å². The first-order valence-corrected chi connectivity index (χ1v) is 5.29.